The fraction of sp³-hybridized carbons (Fsp3) is 0.222. The molecule has 0 bridgehead atoms. The molecular weight excluding hydrogens is 176 g/mol. The summed E-state index contributed by atoms with van der Waals surface area (Å²) < 4.78 is 25.3. The van der Waals surface area contributed by atoms with Crippen LogP contribution in [0.25, 0.3) is 0 Å². The molecule has 0 saturated heterocycles. The molecule has 0 aliphatic rings. The Morgan fingerprint density at radius 2 is 2.08 bits per heavy atom. The van der Waals surface area contributed by atoms with Crippen molar-refractivity contribution in [1.29, 1.82) is 0 Å². The molecule has 0 aliphatic carbocycles. The van der Waals surface area contributed by atoms with E-state index >= 15 is 0 Å². The number of nitrogens with two attached hydrogens (primary N) is 1. The van der Waals surface area contributed by atoms with Gasteiger partial charge in [-0.2, -0.15) is 0 Å². The lowest BCUT2D eigenvalue weighted by Crippen LogP contribution is -2.09. The van der Waals surface area contributed by atoms with E-state index in [1.165, 1.54) is 0 Å². The van der Waals surface area contributed by atoms with Crippen molar-refractivity contribution < 1.29 is 13.6 Å². The lowest BCUT2D eigenvalue weighted by atomic mass is 10.1. The molecule has 2 N–H and O–H groups in total. The molecule has 0 amide bonds. The first-order valence-corrected chi connectivity index (χ1v) is 3.83. The summed E-state index contributed by atoms with van der Waals surface area (Å²) >= 11 is 0. The summed E-state index contributed by atoms with van der Waals surface area (Å²) in [6, 6.07) is 2.86. The molecule has 2 nitrogen and oxygen atoms in total. The van der Waals surface area contributed by atoms with E-state index in [9.17, 15) is 13.6 Å². The van der Waals surface area contributed by atoms with Crippen LogP contribution in [0.2, 0.25) is 0 Å². The molecule has 0 heterocycles. The Morgan fingerprint density at radius 1 is 1.38 bits per heavy atom. The van der Waals surface area contributed by atoms with Crippen LogP contribution in [0.3, 0.4) is 0 Å². The molecule has 1 aromatic carbocycles. The third-order valence-electron chi connectivity index (χ3n) is 1.60. The van der Waals surface area contributed by atoms with Crippen LogP contribution in [-0.2, 0) is 0 Å². The van der Waals surface area contributed by atoms with Crippen LogP contribution in [0.1, 0.15) is 16.8 Å². The molecule has 13 heavy (non-hydrogen) atoms. The van der Waals surface area contributed by atoms with Crippen molar-refractivity contribution in [3.8, 4) is 0 Å². The van der Waals surface area contributed by atoms with E-state index in [1.54, 1.807) is 0 Å². The first-order valence-electron chi connectivity index (χ1n) is 3.83. The molecule has 0 aliphatic heterocycles. The molecule has 0 saturated carbocycles. The number of ketones is 1. The lowest BCUT2D eigenvalue weighted by molar-refractivity contribution is 0.0981. The average molecular weight is 185 g/mol. The fourth-order valence-corrected chi connectivity index (χ4v) is 0.981. The van der Waals surface area contributed by atoms with Gasteiger partial charge in [0.25, 0.3) is 0 Å². The summed E-state index contributed by atoms with van der Waals surface area (Å²) in [5.74, 6) is -1.93. The van der Waals surface area contributed by atoms with E-state index in [4.69, 9.17) is 5.73 Å². The summed E-state index contributed by atoms with van der Waals surface area (Å²) in [5, 5.41) is 0. The van der Waals surface area contributed by atoms with E-state index in [0.717, 1.165) is 12.1 Å². The van der Waals surface area contributed by atoms with Crippen molar-refractivity contribution in [3.63, 3.8) is 0 Å². The molecule has 0 fully saturated rings. The molecule has 4 heteroatoms. The fourth-order valence-electron chi connectivity index (χ4n) is 0.981. The van der Waals surface area contributed by atoms with Gasteiger partial charge in [0.1, 0.15) is 11.6 Å². The van der Waals surface area contributed by atoms with E-state index in [2.05, 4.69) is 0 Å². The summed E-state index contributed by atoms with van der Waals surface area (Å²) in [4.78, 5) is 11.1. The topological polar surface area (TPSA) is 43.1 Å². The highest BCUT2D eigenvalue weighted by atomic mass is 19.1. The largest absolute Gasteiger partial charge is 0.330 e. The number of Topliss-reactive ketones (excluding diaryl/α,β-unsaturated/α-hetero) is 1. The highest BCUT2D eigenvalue weighted by Gasteiger charge is 2.10. The minimum atomic E-state index is -0.835. The van der Waals surface area contributed by atoms with Crippen LogP contribution in [0, 0.1) is 11.6 Å². The zero-order chi connectivity index (χ0) is 9.84. The number of halogens is 2. The van der Waals surface area contributed by atoms with Crippen LogP contribution in [0.15, 0.2) is 18.2 Å². The standard InChI is InChI=1S/C9H9F2NO/c10-6-1-2-7(8(11)5-6)9(13)3-4-12/h1-2,5H,3-4,12H2. The van der Waals surface area contributed by atoms with Crippen molar-refractivity contribution in [2.45, 2.75) is 6.42 Å². The van der Waals surface area contributed by atoms with Crippen LogP contribution >= 0.6 is 0 Å². The van der Waals surface area contributed by atoms with Crippen molar-refractivity contribution in [2.24, 2.45) is 5.73 Å². The van der Waals surface area contributed by atoms with Gasteiger partial charge < -0.3 is 5.73 Å². The van der Waals surface area contributed by atoms with Gasteiger partial charge in [-0.05, 0) is 18.7 Å². The third-order valence-corrected chi connectivity index (χ3v) is 1.60. The van der Waals surface area contributed by atoms with Crippen LogP contribution < -0.4 is 5.73 Å². The minimum absolute atomic E-state index is 0.0720. The Bertz CT molecular complexity index is 325. The van der Waals surface area contributed by atoms with Gasteiger partial charge in [0, 0.05) is 12.5 Å². The van der Waals surface area contributed by atoms with E-state index in [1.807, 2.05) is 0 Å². The molecule has 1 rings (SSSR count). The van der Waals surface area contributed by atoms with Gasteiger partial charge in [0.05, 0.1) is 5.56 Å². The Morgan fingerprint density at radius 3 is 2.62 bits per heavy atom. The molecule has 0 spiro atoms. The number of rotatable bonds is 3. The SMILES string of the molecule is NCCC(=O)c1ccc(F)cc1F. The monoisotopic (exact) mass is 185 g/mol. The van der Waals surface area contributed by atoms with Crippen LogP contribution in [0.4, 0.5) is 8.78 Å². The van der Waals surface area contributed by atoms with Crippen molar-refractivity contribution in [2.75, 3.05) is 6.54 Å². The summed E-state index contributed by atoms with van der Waals surface area (Å²) in [6.07, 6.45) is 0.0720. The zero-order valence-electron chi connectivity index (χ0n) is 6.89. The van der Waals surface area contributed by atoms with Crippen LogP contribution in [-0.4, -0.2) is 12.3 Å². The van der Waals surface area contributed by atoms with Crippen LogP contribution in [0.5, 0.6) is 0 Å². The Kier molecular flexibility index (Phi) is 3.08. The second-order valence-electron chi connectivity index (χ2n) is 2.59. The number of hydrogen-bond acceptors (Lipinski definition) is 2. The molecule has 0 unspecified atom stereocenters. The first-order chi connectivity index (χ1) is 6.15. The summed E-state index contributed by atoms with van der Waals surface area (Å²) in [7, 11) is 0. The van der Waals surface area contributed by atoms with Gasteiger partial charge in [-0.1, -0.05) is 0 Å². The number of carbonyl (C=O) groups excluding carboxylic acids is 1. The second-order valence-corrected chi connectivity index (χ2v) is 2.59. The normalized spacial score (nSPS) is 10.1. The van der Waals surface area contributed by atoms with Gasteiger partial charge in [-0.15, -0.1) is 0 Å². The third kappa shape index (κ3) is 2.32. The molecule has 0 radical (unpaired) electrons. The summed E-state index contributed by atoms with van der Waals surface area (Å²) in [5.41, 5.74) is 5.02. The lowest BCUT2D eigenvalue weighted by Gasteiger charge is -2.00. The van der Waals surface area contributed by atoms with Gasteiger partial charge in [0.2, 0.25) is 0 Å². The predicted molar refractivity (Wildman–Crippen MR) is 44.4 cm³/mol. The number of carbonyl (C=O) groups is 1. The maximum absolute atomic E-state index is 12.9. The summed E-state index contributed by atoms with van der Waals surface area (Å²) in [6.45, 7) is 0.162. The van der Waals surface area contributed by atoms with E-state index < -0.39 is 17.4 Å². The Labute approximate surface area is 74.4 Å². The number of hydrogen-bond donors (Lipinski definition) is 1. The second kappa shape index (κ2) is 4.09. The molecule has 0 atom stereocenters. The van der Waals surface area contributed by atoms with Crippen molar-refractivity contribution in [3.05, 3.63) is 35.4 Å². The molecular formula is C9H9F2NO. The minimum Gasteiger partial charge on any atom is -0.330 e. The number of benzene rings is 1. The first kappa shape index (κ1) is 9.80. The quantitative estimate of drug-likeness (QED) is 0.725. The Hall–Kier alpha value is -1.29. The molecule has 1 aromatic rings. The van der Waals surface area contributed by atoms with Gasteiger partial charge >= 0.3 is 0 Å². The average Bonchev–Trinajstić information content (AvgIpc) is 2.04. The predicted octanol–water partition coefficient (Wildman–Crippen LogP) is 1.50. The van der Waals surface area contributed by atoms with E-state index in [0.29, 0.717) is 6.07 Å². The van der Waals surface area contributed by atoms with Gasteiger partial charge in [-0.25, -0.2) is 8.78 Å². The van der Waals surface area contributed by atoms with Crippen molar-refractivity contribution >= 4 is 5.78 Å². The smallest absolute Gasteiger partial charge is 0.167 e. The van der Waals surface area contributed by atoms with Crippen molar-refractivity contribution in [1.82, 2.24) is 0 Å². The zero-order valence-corrected chi connectivity index (χ0v) is 6.89. The maximum Gasteiger partial charge on any atom is 0.167 e. The molecule has 0 aromatic heterocycles. The van der Waals surface area contributed by atoms with Gasteiger partial charge in [0.15, 0.2) is 5.78 Å². The Balaban J connectivity index is 2.95. The van der Waals surface area contributed by atoms with E-state index in [-0.39, 0.29) is 18.5 Å². The van der Waals surface area contributed by atoms with Gasteiger partial charge in [-0.3, -0.25) is 4.79 Å². The molecule has 70 valence electrons. The highest BCUT2D eigenvalue weighted by Crippen LogP contribution is 2.11. The highest BCUT2D eigenvalue weighted by molar-refractivity contribution is 5.96. The maximum atomic E-state index is 12.9.